The summed E-state index contributed by atoms with van der Waals surface area (Å²) in [5.74, 6) is 0. The molecule has 0 saturated carbocycles. The van der Waals surface area contributed by atoms with Crippen LogP contribution >= 0.6 is 0 Å². The molecule has 4 nitrogen and oxygen atoms in total. The zero-order chi connectivity index (χ0) is 33.2. The zero-order valence-electron chi connectivity index (χ0n) is 30.7. The van der Waals surface area contributed by atoms with Gasteiger partial charge in [-0.05, 0) is 37.1 Å². The molecular weight excluding hydrogens is 623 g/mol. The Kier molecular flexibility index (Phi) is 35.1. The molecule has 2 aromatic carbocycles. The van der Waals surface area contributed by atoms with E-state index in [9.17, 15) is 10.2 Å². The summed E-state index contributed by atoms with van der Waals surface area (Å²) in [6, 6.07) is 21.2. The molecule has 0 spiro atoms. The second-order valence-electron chi connectivity index (χ2n) is 13.3. The van der Waals surface area contributed by atoms with Crippen molar-refractivity contribution in [1.29, 1.82) is 0 Å². The molecule has 2 N–H and O–H groups in total. The SMILES string of the molecule is CCCCCCCCCCCCN(CCO)Cc1ccccc1.CCCCCCCCCCCCN(CCO)Cc1ccccc1.[Ni]. The molecule has 0 atom stereocenters. The van der Waals surface area contributed by atoms with Crippen LogP contribution in [0.15, 0.2) is 60.7 Å². The fraction of sp³-hybridized carbons (Fsp3) is 0.714. The van der Waals surface area contributed by atoms with Gasteiger partial charge in [0.2, 0.25) is 0 Å². The van der Waals surface area contributed by atoms with Crippen LogP contribution in [0.4, 0.5) is 0 Å². The van der Waals surface area contributed by atoms with Crippen LogP contribution in [0.3, 0.4) is 0 Å². The van der Waals surface area contributed by atoms with Crippen molar-refractivity contribution < 1.29 is 26.7 Å². The first-order chi connectivity index (χ1) is 22.7. The standard InChI is InChI=1S/2C21H37NO.Ni/c2*1-2-3-4-5-6-7-8-9-10-14-17-22(18-19-23)20-21-15-12-11-13-16-21;/h2*11-13,15-16,23H,2-10,14,17-20H2,1H3;. The van der Waals surface area contributed by atoms with Gasteiger partial charge < -0.3 is 10.2 Å². The minimum atomic E-state index is 0. The second-order valence-corrected chi connectivity index (χ2v) is 13.3. The van der Waals surface area contributed by atoms with Gasteiger partial charge in [-0.15, -0.1) is 0 Å². The molecule has 0 bridgehead atoms. The number of aliphatic hydroxyl groups excluding tert-OH is 2. The van der Waals surface area contributed by atoms with Crippen LogP contribution in [0, 0.1) is 0 Å². The van der Waals surface area contributed by atoms with E-state index in [1.54, 1.807) is 0 Å². The Hall–Kier alpha value is -1.23. The summed E-state index contributed by atoms with van der Waals surface area (Å²) in [7, 11) is 0. The normalized spacial score (nSPS) is 11.0. The van der Waals surface area contributed by atoms with Crippen molar-refractivity contribution in [3.8, 4) is 0 Å². The van der Waals surface area contributed by atoms with Crippen molar-refractivity contribution >= 4 is 0 Å². The van der Waals surface area contributed by atoms with E-state index in [2.05, 4.69) is 84.3 Å². The zero-order valence-corrected chi connectivity index (χ0v) is 31.7. The third kappa shape index (κ3) is 29.4. The summed E-state index contributed by atoms with van der Waals surface area (Å²) in [5, 5.41) is 18.5. The third-order valence-electron chi connectivity index (χ3n) is 8.99. The largest absolute Gasteiger partial charge is 0.395 e. The van der Waals surface area contributed by atoms with E-state index in [0.717, 1.165) is 39.3 Å². The molecular formula is C42H74N2NiO2. The monoisotopic (exact) mass is 697 g/mol. The molecule has 0 aliphatic heterocycles. The van der Waals surface area contributed by atoms with Crippen molar-refractivity contribution in [2.75, 3.05) is 39.4 Å². The Morgan fingerprint density at radius 3 is 0.936 bits per heavy atom. The molecule has 0 aliphatic rings. The van der Waals surface area contributed by atoms with E-state index in [1.807, 2.05) is 0 Å². The summed E-state index contributed by atoms with van der Waals surface area (Å²) < 4.78 is 0. The fourth-order valence-corrected chi connectivity index (χ4v) is 6.15. The van der Waals surface area contributed by atoms with Gasteiger partial charge in [0.25, 0.3) is 0 Å². The van der Waals surface area contributed by atoms with Crippen molar-refractivity contribution in [2.24, 2.45) is 0 Å². The molecule has 0 aromatic heterocycles. The van der Waals surface area contributed by atoms with Gasteiger partial charge in [-0.1, -0.05) is 190 Å². The van der Waals surface area contributed by atoms with Crippen LogP contribution in [-0.2, 0) is 29.6 Å². The number of benzene rings is 2. The maximum atomic E-state index is 9.23. The van der Waals surface area contributed by atoms with Crippen LogP contribution in [0.1, 0.15) is 153 Å². The first-order valence-corrected chi connectivity index (χ1v) is 19.5. The van der Waals surface area contributed by atoms with Crippen molar-refractivity contribution in [1.82, 2.24) is 9.80 Å². The Morgan fingerprint density at radius 2 is 0.660 bits per heavy atom. The summed E-state index contributed by atoms with van der Waals surface area (Å²) >= 11 is 0. The average molecular weight is 698 g/mol. The number of hydrogen-bond acceptors (Lipinski definition) is 4. The molecule has 0 fully saturated rings. The van der Waals surface area contributed by atoms with Crippen LogP contribution in [0.25, 0.3) is 0 Å². The maximum absolute atomic E-state index is 9.23. The van der Waals surface area contributed by atoms with E-state index in [4.69, 9.17) is 0 Å². The van der Waals surface area contributed by atoms with Crippen LogP contribution in [0.5, 0.6) is 0 Å². The molecule has 2 aromatic rings. The molecule has 0 aliphatic carbocycles. The van der Waals surface area contributed by atoms with Gasteiger partial charge in [0, 0.05) is 42.7 Å². The Morgan fingerprint density at radius 1 is 0.383 bits per heavy atom. The Bertz CT molecular complexity index is 783. The molecule has 0 unspecified atom stereocenters. The van der Waals surface area contributed by atoms with Crippen molar-refractivity contribution in [2.45, 2.75) is 155 Å². The number of aliphatic hydroxyl groups is 2. The minimum Gasteiger partial charge on any atom is -0.395 e. The second kappa shape index (κ2) is 36.1. The average Bonchev–Trinajstić information content (AvgIpc) is 3.08. The van der Waals surface area contributed by atoms with Crippen LogP contribution < -0.4 is 0 Å². The van der Waals surface area contributed by atoms with E-state index in [0.29, 0.717) is 0 Å². The van der Waals surface area contributed by atoms with E-state index in [1.165, 1.54) is 140 Å². The first-order valence-electron chi connectivity index (χ1n) is 19.5. The van der Waals surface area contributed by atoms with E-state index < -0.39 is 0 Å². The van der Waals surface area contributed by atoms with Gasteiger partial charge >= 0.3 is 0 Å². The van der Waals surface area contributed by atoms with Crippen molar-refractivity contribution in [3.63, 3.8) is 0 Å². The quantitative estimate of drug-likeness (QED) is 0.0630. The van der Waals surface area contributed by atoms with E-state index in [-0.39, 0.29) is 29.7 Å². The van der Waals surface area contributed by atoms with Crippen LogP contribution in [0.2, 0.25) is 0 Å². The van der Waals surface area contributed by atoms with Crippen molar-refractivity contribution in [3.05, 3.63) is 71.8 Å². The third-order valence-corrected chi connectivity index (χ3v) is 8.99. The number of hydrogen-bond donors (Lipinski definition) is 2. The van der Waals surface area contributed by atoms with E-state index >= 15 is 0 Å². The molecule has 5 heteroatoms. The van der Waals surface area contributed by atoms with Gasteiger partial charge in [0.15, 0.2) is 0 Å². The molecule has 0 radical (unpaired) electrons. The molecule has 2 rings (SSSR count). The summed E-state index contributed by atoms with van der Waals surface area (Å²) in [6.07, 6.45) is 27.5. The van der Waals surface area contributed by atoms with Gasteiger partial charge in [-0.25, -0.2) is 0 Å². The van der Waals surface area contributed by atoms with Crippen LogP contribution in [-0.4, -0.2) is 59.4 Å². The van der Waals surface area contributed by atoms with Gasteiger partial charge in [-0.2, -0.15) is 0 Å². The molecule has 0 heterocycles. The molecule has 0 amide bonds. The summed E-state index contributed by atoms with van der Waals surface area (Å²) in [6.45, 7) is 10.7. The number of nitrogens with zero attached hydrogens (tertiary/aromatic N) is 2. The maximum Gasteiger partial charge on any atom is 0.0558 e. The van der Waals surface area contributed by atoms with Gasteiger partial charge in [0.05, 0.1) is 13.2 Å². The summed E-state index contributed by atoms with van der Waals surface area (Å²) in [5.41, 5.74) is 2.68. The van der Waals surface area contributed by atoms with Gasteiger partial charge in [0.1, 0.15) is 0 Å². The predicted molar refractivity (Wildman–Crippen MR) is 201 cm³/mol. The first kappa shape index (κ1) is 45.8. The van der Waals surface area contributed by atoms with Gasteiger partial charge in [-0.3, -0.25) is 9.80 Å². The number of rotatable bonds is 30. The fourth-order valence-electron chi connectivity index (χ4n) is 6.15. The smallest absolute Gasteiger partial charge is 0.0558 e. The minimum absolute atomic E-state index is 0. The number of unbranched alkanes of at least 4 members (excludes halogenated alkanes) is 18. The Balaban J connectivity index is 0.000000882. The Labute approximate surface area is 302 Å². The molecule has 0 saturated heterocycles. The predicted octanol–water partition coefficient (Wildman–Crippen LogP) is 10.8. The molecule has 47 heavy (non-hydrogen) atoms. The topological polar surface area (TPSA) is 46.9 Å². The molecule has 274 valence electrons. The summed E-state index contributed by atoms with van der Waals surface area (Å²) in [4.78, 5) is 4.75.